The second kappa shape index (κ2) is 8.92. The van der Waals surface area contributed by atoms with E-state index in [1.165, 1.54) is 4.31 Å². The maximum atomic E-state index is 13.0. The van der Waals surface area contributed by atoms with Crippen molar-refractivity contribution in [2.45, 2.75) is 22.8 Å². The van der Waals surface area contributed by atoms with E-state index in [1.807, 2.05) is 36.2 Å². The first kappa shape index (κ1) is 21.3. The average Bonchev–Trinajstić information content (AvgIpc) is 2.95. The van der Waals surface area contributed by atoms with Crippen molar-refractivity contribution in [3.8, 4) is 0 Å². The van der Waals surface area contributed by atoms with Crippen molar-refractivity contribution in [3.63, 3.8) is 0 Å². The van der Waals surface area contributed by atoms with Crippen LogP contribution in [0.15, 0.2) is 52.3 Å². The molecule has 0 spiro atoms. The Kier molecular flexibility index (Phi) is 6.77. The van der Waals surface area contributed by atoms with E-state index in [4.69, 9.17) is 11.6 Å². The van der Waals surface area contributed by atoms with Gasteiger partial charge in [0.2, 0.25) is 10.0 Å². The second-order valence-electron chi connectivity index (χ2n) is 6.76. The summed E-state index contributed by atoms with van der Waals surface area (Å²) in [6, 6.07) is 12.7. The van der Waals surface area contributed by atoms with Crippen molar-refractivity contribution < 1.29 is 12.6 Å². The van der Waals surface area contributed by atoms with Crippen LogP contribution in [0.4, 0.5) is 5.69 Å². The monoisotopic (exact) mass is 441 g/mol. The number of fused-ring (bicyclic) bond motifs is 1. The smallest absolute Gasteiger partial charge is 0.244 e. The van der Waals surface area contributed by atoms with Gasteiger partial charge in [0.1, 0.15) is 4.90 Å². The molecule has 1 N–H and O–H groups in total. The molecule has 1 aliphatic heterocycles. The van der Waals surface area contributed by atoms with E-state index in [9.17, 15) is 12.6 Å². The van der Waals surface area contributed by atoms with E-state index in [2.05, 4.69) is 5.32 Å². The highest BCUT2D eigenvalue weighted by Crippen LogP contribution is 2.36. The van der Waals surface area contributed by atoms with E-state index >= 15 is 0 Å². The van der Waals surface area contributed by atoms with E-state index in [0.717, 1.165) is 11.3 Å². The minimum Gasteiger partial charge on any atom is -0.361 e. The SMILES string of the molecule is CN1CS(=O)c2c1cccc2S(=O)(=O)N(C)CCCNCc1cccc(Cl)c1. The Balaban J connectivity index is 1.59. The van der Waals surface area contributed by atoms with Gasteiger partial charge in [-0.2, -0.15) is 0 Å². The maximum Gasteiger partial charge on any atom is 0.244 e. The van der Waals surface area contributed by atoms with Crippen LogP contribution in [-0.4, -0.2) is 50.0 Å². The van der Waals surface area contributed by atoms with Gasteiger partial charge in [0.15, 0.2) is 0 Å². The van der Waals surface area contributed by atoms with E-state index in [0.29, 0.717) is 41.8 Å². The zero-order chi connectivity index (χ0) is 20.3. The van der Waals surface area contributed by atoms with E-state index in [-0.39, 0.29) is 4.90 Å². The van der Waals surface area contributed by atoms with Crippen molar-refractivity contribution in [2.75, 3.05) is 38.0 Å². The van der Waals surface area contributed by atoms with Gasteiger partial charge in [-0.1, -0.05) is 29.8 Å². The predicted molar refractivity (Wildman–Crippen MR) is 114 cm³/mol. The lowest BCUT2D eigenvalue weighted by atomic mass is 10.2. The molecule has 0 amide bonds. The lowest BCUT2D eigenvalue weighted by molar-refractivity contribution is 0.452. The summed E-state index contributed by atoms with van der Waals surface area (Å²) < 4.78 is 39.7. The van der Waals surface area contributed by atoms with Crippen molar-refractivity contribution >= 4 is 38.1 Å². The molecule has 2 aromatic carbocycles. The van der Waals surface area contributed by atoms with Crippen molar-refractivity contribution in [1.29, 1.82) is 0 Å². The van der Waals surface area contributed by atoms with Gasteiger partial charge in [-0.15, -0.1) is 0 Å². The Morgan fingerprint density at radius 3 is 2.75 bits per heavy atom. The third-order valence-corrected chi connectivity index (χ3v) is 8.41. The zero-order valence-electron chi connectivity index (χ0n) is 15.9. The summed E-state index contributed by atoms with van der Waals surface area (Å²) in [5.41, 5.74) is 1.80. The van der Waals surface area contributed by atoms with Crippen LogP contribution >= 0.6 is 11.6 Å². The minimum atomic E-state index is -3.70. The van der Waals surface area contributed by atoms with Gasteiger partial charge in [0.05, 0.1) is 27.3 Å². The van der Waals surface area contributed by atoms with Crippen molar-refractivity contribution in [1.82, 2.24) is 9.62 Å². The fourth-order valence-electron chi connectivity index (χ4n) is 3.14. The summed E-state index contributed by atoms with van der Waals surface area (Å²) in [7, 11) is -1.66. The molecule has 0 fully saturated rings. The number of anilines is 1. The first-order chi connectivity index (χ1) is 13.3. The number of rotatable bonds is 8. The molecule has 6 nitrogen and oxygen atoms in total. The molecule has 0 bridgehead atoms. The molecule has 0 saturated carbocycles. The largest absolute Gasteiger partial charge is 0.361 e. The molecule has 0 aliphatic carbocycles. The number of hydrogen-bond acceptors (Lipinski definition) is 5. The fourth-order valence-corrected chi connectivity index (χ4v) is 6.61. The van der Waals surface area contributed by atoms with Crippen LogP contribution in [0.25, 0.3) is 0 Å². The number of nitrogens with one attached hydrogen (secondary N) is 1. The highest BCUT2D eigenvalue weighted by Gasteiger charge is 2.32. The molecule has 9 heteroatoms. The molecule has 0 aromatic heterocycles. The minimum absolute atomic E-state index is 0.141. The third-order valence-electron chi connectivity index (χ3n) is 4.64. The van der Waals surface area contributed by atoms with Crippen LogP contribution in [0, 0.1) is 0 Å². The summed E-state index contributed by atoms with van der Waals surface area (Å²) in [6.45, 7) is 1.72. The van der Waals surface area contributed by atoms with Crippen LogP contribution in [0.3, 0.4) is 0 Å². The molecule has 3 rings (SSSR count). The Bertz CT molecular complexity index is 982. The van der Waals surface area contributed by atoms with Crippen LogP contribution < -0.4 is 10.2 Å². The zero-order valence-corrected chi connectivity index (χ0v) is 18.3. The quantitative estimate of drug-likeness (QED) is 0.638. The molecule has 0 saturated heterocycles. The highest BCUT2D eigenvalue weighted by atomic mass is 35.5. The first-order valence-corrected chi connectivity index (χ1v) is 12.1. The van der Waals surface area contributed by atoms with Crippen LogP contribution in [-0.2, 0) is 27.4 Å². The molecular weight excluding hydrogens is 418 g/mol. The van der Waals surface area contributed by atoms with Gasteiger partial charge >= 0.3 is 0 Å². The lowest BCUT2D eigenvalue weighted by Gasteiger charge is -2.19. The lowest BCUT2D eigenvalue weighted by Crippen LogP contribution is -2.30. The average molecular weight is 442 g/mol. The maximum absolute atomic E-state index is 13.0. The number of benzene rings is 2. The van der Waals surface area contributed by atoms with Crippen LogP contribution in [0.2, 0.25) is 5.02 Å². The third kappa shape index (κ3) is 4.58. The van der Waals surface area contributed by atoms with Gasteiger partial charge in [-0.05, 0) is 42.8 Å². The normalized spacial score (nSPS) is 16.6. The summed E-state index contributed by atoms with van der Waals surface area (Å²) in [6.07, 6.45) is 0.661. The summed E-state index contributed by atoms with van der Waals surface area (Å²) >= 11 is 5.97. The number of nitrogens with zero attached hydrogens (tertiary/aromatic N) is 2. The number of hydrogen-bond donors (Lipinski definition) is 1. The Morgan fingerprint density at radius 1 is 1.25 bits per heavy atom. The van der Waals surface area contributed by atoms with Gasteiger partial charge in [-0.3, -0.25) is 4.21 Å². The molecule has 2 aromatic rings. The van der Waals surface area contributed by atoms with Gasteiger partial charge in [-0.25, -0.2) is 12.7 Å². The fraction of sp³-hybridized carbons (Fsp3) is 0.368. The molecule has 1 unspecified atom stereocenters. The topological polar surface area (TPSA) is 69.7 Å². The van der Waals surface area contributed by atoms with Gasteiger partial charge in [0.25, 0.3) is 0 Å². The van der Waals surface area contributed by atoms with E-state index < -0.39 is 20.8 Å². The van der Waals surface area contributed by atoms with Crippen LogP contribution in [0.1, 0.15) is 12.0 Å². The molecule has 0 radical (unpaired) electrons. The van der Waals surface area contributed by atoms with E-state index in [1.54, 1.807) is 25.2 Å². The summed E-state index contributed by atoms with van der Waals surface area (Å²) in [5.74, 6) is 0.318. The van der Waals surface area contributed by atoms with Gasteiger partial charge in [0, 0.05) is 32.2 Å². The summed E-state index contributed by atoms with van der Waals surface area (Å²) in [4.78, 5) is 2.38. The van der Waals surface area contributed by atoms with Crippen LogP contribution in [0.5, 0.6) is 0 Å². The Labute approximate surface area is 174 Å². The Morgan fingerprint density at radius 2 is 2.00 bits per heavy atom. The Hall–Kier alpha value is -1.45. The molecule has 1 atom stereocenters. The number of sulfonamides is 1. The standard InChI is InChI=1S/C19H24ClN3O3S2/c1-22-14-27(24)19-17(22)8-4-9-18(19)28(25,26)23(2)11-5-10-21-13-15-6-3-7-16(20)12-15/h3-4,6-9,12,21H,5,10-11,13-14H2,1-2H3. The summed E-state index contributed by atoms with van der Waals surface area (Å²) in [5, 5.41) is 3.99. The second-order valence-corrected chi connectivity index (χ2v) is 10.6. The predicted octanol–water partition coefficient (Wildman–Crippen LogP) is 2.66. The van der Waals surface area contributed by atoms with Gasteiger partial charge < -0.3 is 10.2 Å². The van der Waals surface area contributed by atoms with Crippen molar-refractivity contribution in [3.05, 3.63) is 53.1 Å². The van der Waals surface area contributed by atoms with Crippen molar-refractivity contribution in [2.24, 2.45) is 0 Å². The molecule has 1 aliphatic rings. The first-order valence-electron chi connectivity index (χ1n) is 8.95. The highest BCUT2D eigenvalue weighted by molar-refractivity contribution is 7.91. The molecule has 152 valence electrons. The molecule has 28 heavy (non-hydrogen) atoms. The molecular formula is C19H24ClN3O3S2. The molecule has 1 heterocycles. The number of halogens is 1.